The van der Waals surface area contributed by atoms with Gasteiger partial charge in [-0.25, -0.2) is 9.97 Å². The average Bonchev–Trinajstić information content (AvgIpc) is 2.35. The Morgan fingerprint density at radius 3 is 2.74 bits per heavy atom. The molecule has 1 heterocycles. The van der Waals surface area contributed by atoms with Gasteiger partial charge in [0.1, 0.15) is 17.5 Å². The maximum absolute atomic E-state index is 5.49. The Morgan fingerprint density at radius 2 is 2.11 bits per heavy atom. The summed E-state index contributed by atoms with van der Waals surface area (Å²) in [5.74, 6) is 3.36. The van der Waals surface area contributed by atoms with Gasteiger partial charge >= 0.3 is 0 Å². The Bertz CT molecular complexity index is 378. The monoisotopic (exact) mass is 265 g/mol. The van der Waals surface area contributed by atoms with Gasteiger partial charge in [0.15, 0.2) is 0 Å². The molecule has 0 atom stereocenters. The lowest BCUT2D eigenvalue weighted by Gasteiger charge is -2.19. The van der Waals surface area contributed by atoms with Gasteiger partial charge < -0.3 is 16.0 Å². The molecule has 1 aromatic rings. The number of aromatic nitrogens is 2. The van der Waals surface area contributed by atoms with Crippen LogP contribution in [0.2, 0.25) is 0 Å². The maximum Gasteiger partial charge on any atom is 0.134 e. The van der Waals surface area contributed by atoms with Crippen LogP contribution in [0.5, 0.6) is 0 Å². The van der Waals surface area contributed by atoms with Crippen molar-refractivity contribution in [2.24, 2.45) is 11.7 Å². The van der Waals surface area contributed by atoms with Crippen molar-refractivity contribution in [2.75, 3.05) is 36.9 Å². The highest BCUT2D eigenvalue weighted by molar-refractivity contribution is 5.48. The molecular formula is C14H27N5. The fourth-order valence-corrected chi connectivity index (χ4v) is 1.89. The van der Waals surface area contributed by atoms with Crippen molar-refractivity contribution >= 4 is 11.6 Å². The molecule has 0 saturated heterocycles. The molecule has 0 amide bonds. The Hall–Kier alpha value is -1.36. The van der Waals surface area contributed by atoms with E-state index in [0.29, 0.717) is 6.54 Å². The van der Waals surface area contributed by atoms with E-state index >= 15 is 0 Å². The summed E-state index contributed by atoms with van der Waals surface area (Å²) < 4.78 is 0. The largest absolute Gasteiger partial charge is 0.369 e. The fraction of sp³-hybridized carbons (Fsp3) is 0.714. The first-order valence-corrected chi connectivity index (χ1v) is 7.03. The molecule has 0 fully saturated rings. The molecule has 19 heavy (non-hydrogen) atoms. The summed E-state index contributed by atoms with van der Waals surface area (Å²) >= 11 is 0. The van der Waals surface area contributed by atoms with Crippen LogP contribution in [0.4, 0.5) is 11.6 Å². The van der Waals surface area contributed by atoms with Gasteiger partial charge in [-0.1, -0.05) is 13.8 Å². The molecule has 0 saturated carbocycles. The fourth-order valence-electron chi connectivity index (χ4n) is 1.89. The van der Waals surface area contributed by atoms with Gasteiger partial charge in [0.05, 0.1) is 0 Å². The molecule has 0 bridgehead atoms. The van der Waals surface area contributed by atoms with Crippen LogP contribution in [0.1, 0.15) is 32.5 Å². The summed E-state index contributed by atoms with van der Waals surface area (Å²) in [5, 5.41) is 3.20. The first-order valence-electron chi connectivity index (χ1n) is 7.03. The van der Waals surface area contributed by atoms with Gasteiger partial charge in [0.25, 0.3) is 0 Å². The van der Waals surface area contributed by atoms with E-state index in [4.69, 9.17) is 5.73 Å². The van der Waals surface area contributed by atoms with Crippen molar-refractivity contribution in [2.45, 2.75) is 33.6 Å². The predicted octanol–water partition coefficient (Wildman–Crippen LogP) is 2.03. The molecule has 108 valence electrons. The minimum absolute atomic E-state index is 0.600. The molecule has 5 nitrogen and oxygen atoms in total. The zero-order chi connectivity index (χ0) is 14.3. The van der Waals surface area contributed by atoms with Crippen molar-refractivity contribution in [3.63, 3.8) is 0 Å². The molecule has 0 aromatic carbocycles. The third-order valence-corrected chi connectivity index (χ3v) is 2.94. The van der Waals surface area contributed by atoms with E-state index in [-0.39, 0.29) is 0 Å². The van der Waals surface area contributed by atoms with Crippen LogP contribution in [0, 0.1) is 12.8 Å². The van der Waals surface area contributed by atoms with Crippen molar-refractivity contribution < 1.29 is 0 Å². The minimum atomic E-state index is 0.600. The molecule has 0 aliphatic rings. The van der Waals surface area contributed by atoms with Gasteiger partial charge in [-0.3, -0.25) is 0 Å². The second kappa shape index (κ2) is 7.94. The summed E-state index contributed by atoms with van der Waals surface area (Å²) in [6.45, 7) is 8.77. The van der Waals surface area contributed by atoms with Crippen molar-refractivity contribution in [3.05, 3.63) is 11.9 Å². The van der Waals surface area contributed by atoms with Gasteiger partial charge in [0, 0.05) is 32.7 Å². The number of hydrogen-bond donors (Lipinski definition) is 2. The summed E-state index contributed by atoms with van der Waals surface area (Å²) in [6.07, 6.45) is 2.43. The summed E-state index contributed by atoms with van der Waals surface area (Å²) in [4.78, 5) is 11.0. The number of anilines is 2. The molecule has 1 rings (SSSR count). The van der Waals surface area contributed by atoms with Crippen LogP contribution in [-0.2, 0) is 0 Å². The predicted molar refractivity (Wildman–Crippen MR) is 81.7 cm³/mol. The highest BCUT2D eigenvalue weighted by Gasteiger charge is 2.06. The molecule has 5 heteroatoms. The van der Waals surface area contributed by atoms with E-state index in [1.54, 1.807) is 0 Å². The molecule has 0 unspecified atom stereocenters. The first kappa shape index (κ1) is 15.7. The summed E-state index contributed by atoms with van der Waals surface area (Å²) in [6, 6.07) is 1.98. The van der Waals surface area contributed by atoms with E-state index in [0.717, 1.165) is 36.5 Å². The molecule has 1 aromatic heterocycles. The zero-order valence-corrected chi connectivity index (χ0v) is 12.6. The normalized spacial score (nSPS) is 10.8. The lowest BCUT2D eigenvalue weighted by Crippen LogP contribution is -2.21. The van der Waals surface area contributed by atoms with Crippen molar-refractivity contribution in [1.82, 2.24) is 9.97 Å². The smallest absolute Gasteiger partial charge is 0.134 e. The minimum Gasteiger partial charge on any atom is -0.369 e. The quantitative estimate of drug-likeness (QED) is 0.753. The van der Waals surface area contributed by atoms with E-state index in [1.807, 2.05) is 13.0 Å². The van der Waals surface area contributed by atoms with Gasteiger partial charge in [-0.2, -0.15) is 0 Å². The average molecular weight is 265 g/mol. The van der Waals surface area contributed by atoms with E-state index < -0.39 is 0 Å². The van der Waals surface area contributed by atoms with Crippen LogP contribution in [0.25, 0.3) is 0 Å². The Morgan fingerprint density at radius 1 is 1.37 bits per heavy atom. The molecule has 0 radical (unpaired) electrons. The lowest BCUT2D eigenvalue weighted by molar-refractivity contribution is 0.555. The van der Waals surface area contributed by atoms with Crippen LogP contribution >= 0.6 is 0 Å². The lowest BCUT2D eigenvalue weighted by atomic mass is 10.1. The van der Waals surface area contributed by atoms with Gasteiger partial charge in [-0.05, 0) is 25.7 Å². The number of nitrogens with one attached hydrogen (secondary N) is 1. The highest BCUT2D eigenvalue weighted by Crippen LogP contribution is 2.15. The third kappa shape index (κ3) is 5.87. The first-order chi connectivity index (χ1) is 9.02. The number of rotatable bonds is 8. The molecule has 0 spiro atoms. The maximum atomic E-state index is 5.49. The van der Waals surface area contributed by atoms with Crippen molar-refractivity contribution in [1.29, 1.82) is 0 Å². The second-order valence-corrected chi connectivity index (χ2v) is 5.33. The number of nitrogens with two attached hydrogens (primary N) is 1. The SMILES string of the molecule is Cc1nc(NCCN)cc(N(C)CCCC(C)C)n1. The summed E-state index contributed by atoms with van der Waals surface area (Å²) in [5.41, 5.74) is 5.49. The van der Waals surface area contributed by atoms with E-state index in [9.17, 15) is 0 Å². The number of aryl methyl sites for hydroxylation is 1. The number of nitrogens with zero attached hydrogens (tertiary/aromatic N) is 3. The van der Waals surface area contributed by atoms with Crippen molar-refractivity contribution in [3.8, 4) is 0 Å². The molecule has 0 aliphatic carbocycles. The standard InChI is InChI=1S/C14H27N5/c1-11(2)6-5-9-19(4)14-10-13(16-8-7-15)17-12(3)18-14/h10-11H,5-9,15H2,1-4H3,(H,16,17,18). The molecular weight excluding hydrogens is 238 g/mol. The van der Waals surface area contributed by atoms with E-state index in [2.05, 4.69) is 41.1 Å². The third-order valence-electron chi connectivity index (χ3n) is 2.94. The van der Waals surface area contributed by atoms with Crippen LogP contribution in [0.3, 0.4) is 0 Å². The Labute approximate surface area is 116 Å². The topological polar surface area (TPSA) is 67.1 Å². The van der Waals surface area contributed by atoms with E-state index in [1.165, 1.54) is 12.8 Å². The Kier molecular flexibility index (Phi) is 6.56. The highest BCUT2D eigenvalue weighted by atomic mass is 15.2. The molecule has 0 aliphatic heterocycles. The van der Waals surface area contributed by atoms with Crippen LogP contribution in [0.15, 0.2) is 6.07 Å². The van der Waals surface area contributed by atoms with Crippen LogP contribution < -0.4 is 16.0 Å². The Balaban J connectivity index is 2.62. The zero-order valence-electron chi connectivity index (χ0n) is 12.6. The molecule has 3 N–H and O–H groups in total. The van der Waals surface area contributed by atoms with Gasteiger partial charge in [0.2, 0.25) is 0 Å². The number of hydrogen-bond acceptors (Lipinski definition) is 5. The van der Waals surface area contributed by atoms with Crippen LogP contribution in [-0.4, -0.2) is 36.6 Å². The second-order valence-electron chi connectivity index (χ2n) is 5.33. The van der Waals surface area contributed by atoms with Gasteiger partial charge in [-0.15, -0.1) is 0 Å². The summed E-state index contributed by atoms with van der Waals surface area (Å²) in [7, 11) is 2.08.